The molecule has 7 atom stereocenters. The fourth-order valence-electron chi connectivity index (χ4n) is 6.07. The lowest BCUT2D eigenvalue weighted by Gasteiger charge is -2.34. The Bertz CT molecular complexity index is 1430. The minimum absolute atomic E-state index is 0.187. The molecule has 4 N–H and O–H groups in total. The normalized spacial score (nSPS) is 22.1. The zero-order valence-corrected chi connectivity index (χ0v) is 28.2. The Morgan fingerprint density at radius 2 is 1.81 bits per heavy atom. The first-order chi connectivity index (χ1) is 22.6. The van der Waals surface area contributed by atoms with Gasteiger partial charge in [-0.25, -0.2) is 0 Å². The Hall–Kier alpha value is -4.38. The summed E-state index contributed by atoms with van der Waals surface area (Å²) in [6.07, 6.45) is 4.65. The molecular formula is C36H49N5O6. The van der Waals surface area contributed by atoms with Gasteiger partial charge in [-0.3, -0.25) is 19.2 Å². The largest absolute Gasteiger partial charge is 0.496 e. The van der Waals surface area contributed by atoms with Crippen LogP contribution in [0.15, 0.2) is 54.7 Å². The second-order valence-corrected chi connectivity index (χ2v) is 12.4. The molecule has 0 spiro atoms. The van der Waals surface area contributed by atoms with Crippen LogP contribution in [-0.4, -0.2) is 79.5 Å². The van der Waals surface area contributed by atoms with E-state index in [-0.39, 0.29) is 36.1 Å². The first-order valence-corrected chi connectivity index (χ1v) is 16.6. The zero-order chi connectivity index (χ0) is 34.1. The minimum Gasteiger partial charge on any atom is -0.496 e. The standard InChI is InChI=1S/C36H49N5O6/c1-7-22(3)30-34(43)38-18-16-25-21-26(14-15-28(25)46-6)47-29-17-19-41(32(29)35(44)39-30)36(45)31(23(4)8-2)40-33(42)27(37-5)20-24-12-10-9-11-13-24/h9-16,18,21-23,27,29-32,37H,7-8,17,19-20H2,1-6H3,(H,38,43)(H,39,44)(H,40,42). The Kier molecular flexibility index (Phi) is 12.4. The van der Waals surface area contributed by atoms with Gasteiger partial charge in [0.05, 0.1) is 13.2 Å². The van der Waals surface area contributed by atoms with Gasteiger partial charge in [0.2, 0.25) is 23.6 Å². The lowest BCUT2D eigenvalue weighted by Crippen LogP contribution is -2.61. The molecule has 2 aliphatic heterocycles. The van der Waals surface area contributed by atoms with E-state index >= 15 is 0 Å². The minimum atomic E-state index is -1.03. The topological polar surface area (TPSA) is 138 Å². The smallest absolute Gasteiger partial charge is 0.247 e. The van der Waals surface area contributed by atoms with Crippen LogP contribution in [0.3, 0.4) is 0 Å². The number of likely N-dealkylation sites (tertiary alicyclic amines) is 1. The van der Waals surface area contributed by atoms with Crippen molar-refractivity contribution < 1.29 is 28.7 Å². The third-order valence-corrected chi connectivity index (χ3v) is 9.39. The summed E-state index contributed by atoms with van der Waals surface area (Å²) in [6.45, 7) is 7.96. The monoisotopic (exact) mass is 647 g/mol. The van der Waals surface area contributed by atoms with Crippen molar-refractivity contribution in [3.63, 3.8) is 0 Å². The number of hydrogen-bond donors (Lipinski definition) is 4. The van der Waals surface area contributed by atoms with E-state index in [4.69, 9.17) is 9.47 Å². The molecule has 2 heterocycles. The molecule has 7 unspecified atom stereocenters. The fourth-order valence-corrected chi connectivity index (χ4v) is 6.07. The number of likely N-dealkylation sites (N-methyl/N-ethyl adjacent to an activating group) is 1. The fraction of sp³-hybridized carbons (Fsp3) is 0.500. The van der Waals surface area contributed by atoms with Gasteiger partial charge in [0, 0.05) is 24.7 Å². The predicted octanol–water partition coefficient (Wildman–Crippen LogP) is 3.04. The second-order valence-electron chi connectivity index (χ2n) is 12.4. The number of benzene rings is 2. The average molecular weight is 648 g/mol. The predicted molar refractivity (Wildman–Crippen MR) is 180 cm³/mol. The second kappa shape index (κ2) is 16.4. The highest BCUT2D eigenvalue weighted by molar-refractivity contribution is 5.96. The molecule has 2 aromatic carbocycles. The maximum absolute atomic E-state index is 14.4. The van der Waals surface area contributed by atoms with Crippen molar-refractivity contribution in [2.45, 2.75) is 83.6 Å². The number of nitrogens with one attached hydrogen (secondary N) is 4. The van der Waals surface area contributed by atoms with Gasteiger partial charge in [0.15, 0.2) is 0 Å². The van der Waals surface area contributed by atoms with Gasteiger partial charge < -0.3 is 35.6 Å². The van der Waals surface area contributed by atoms with E-state index in [1.807, 2.05) is 58.0 Å². The number of carbonyl (C=O) groups excluding carboxylic acids is 4. The van der Waals surface area contributed by atoms with Gasteiger partial charge in [0.25, 0.3) is 0 Å². The molecule has 2 aromatic rings. The Labute approximate surface area is 277 Å². The van der Waals surface area contributed by atoms with Crippen LogP contribution in [-0.2, 0) is 25.6 Å². The summed E-state index contributed by atoms with van der Waals surface area (Å²) < 4.78 is 11.9. The molecule has 254 valence electrons. The van der Waals surface area contributed by atoms with Crippen molar-refractivity contribution in [2.24, 2.45) is 11.8 Å². The van der Waals surface area contributed by atoms with Gasteiger partial charge in [-0.15, -0.1) is 0 Å². The molecule has 47 heavy (non-hydrogen) atoms. The molecule has 1 saturated heterocycles. The van der Waals surface area contributed by atoms with Crippen molar-refractivity contribution in [1.29, 1.82) is 0 Å². The zero-order valence-electron chi connectivity index (χ0n) is 28.2. The third-order valence-electron chi connectivity index (χ3n) is 9.39. The maximum atomic E-state index is 14.4. The molecule has 0 saturated carbocycles. The molecule has 11 heteroatoms. The number of amides is 4. The van der Waals surface area contributed by atoms with Crippen LogP contribution < -0.4 is 30.7 Å². The van der Waals surface area contributed by atoms with Gasteiger partial charge in [-0.1, -0.05) is 70.9 Å². The summed E-state index contributed by atoms with van der Waals surface area (Å²) in [7, 11) is 3.28. The van der Waals surface area contributed by atoms with Crippen molar-refractivity contribution in [2.75, 3.05) is 20.7 Å². The number of ether oxygens (including phenoxy) is 2. The molecule has 2 aliphatic rings. The molecule has 4 rings (SSSR count). The van der Waals surface area contributed by atoms with Crippen LogP contribution in [0.5, 0.6) is 11.5 Å². The van der Waals surface area contributed by atoms with Crippen LogP contribution in [0.1, 0.15) is 58.1 Å². The van der Waals surface area contributed by atoms with Gasteiger partial charge >= 0.3 is 0 Å². The Balaban J connectivity index is 1.66. The maximum Gasteiger partial charge on any atom is 0.247 e. The van der Waals surface area contributed by atoms with E-state index in [0.717, 1.165) is 5.56 Å². The number of rotatable bonds is 11. The van der Waals surface area contributed by atoms with E-state index < -0.39 is 36.2 Å². The van der Waals surface area contributed by atoms with Crippen LogP contribution in [0.4, 0.5) is 0 Å². The molecule has 0 aromatic heterocycles. The highest BCUT2D eigenvalue weighted by atomic mass is 16.5. The summed E-state index contributed by atoms with van der Waals surface area (Å²) in [5.74, 6) is -0.827. The summed E-state index contributed by atoms with van der Waals surface area (Å²) in [5, 5.41) is 11.8. The summed E-state index contributed by atoms with van der Waals surface area (Å²) in [6, 6.07) is 11.6. The van der Waals surface area contributed by atoms with Crippen molar-refractivity contribution in [3.05, 3.63) is 65.9 Å². The lowest BCUT2D eigenvalue weighted by molar-refractivity contribution is -0.145. The quantitative estimate of drug-likeness (QED) is 0.294. The average Bonchev–Trinajstić information content (AvgIpc) is 3.50. The summed E-state index contributed by atoms with van der Waals surface area (Å²) in [4.78, 5) is 57.0. The number of carbonyl (C=O) groups is 4. The van der Waals surface area contributed by atoms with E-state index in [0.29, 0.717) is 42.7 Å². The van der Waals surface area contributed by atoms with Gasteiger partial charge in [-0.05, 0) is 55.1 Å². The van der Waals surface area contributed by atoms with E-state index in [1.165, 1.54) is 11.1 Å². The first kappa shape index (κ1) is 35.5. The molecule has 0 aliphatic carbocycles. The van der Waals surface area contributed by atoms with Gasteiger partial charge in [0.1, 0.15) is 35.7 Å². The van der Waals surface area contributed by atoms with Crippen molar-refractivity contribution in [1.82, 2.24) is 26.2 Å². The van der Waals surface area contributed by atoms with Gasteiger partial charge in [-0.2, -0.15) is 0 Å². The van der Waals surface area contributed by atoms with E-state index in [9.17, 15) is 19.2 Å². The molecule has 2 bridgehead atoms. The SMILES string of the molecule is CCC(C)C1NC(=O)C2C(CCN2C(=O)C(NC(=O)C(Cc2ccccc2)NC)C(C)CC)Oc2ccc(OC)c(c2)C=CNC1=O. The van der Waals surface area contributed by atoms with Crippen LogP contribution in [0, 0.1) is 11.8 Å². The summed E-state index contributed by atoms with van der Waals surface area (Å²) in [5.41, 5.74) is 1.67. The Morgan fingerprint density at radius 1 is 1.06 bits per heavy atom. The molecule has 4 amide bonds. The number of fused-ring (bicyclic) bond motifs is 3. The molecular weight excluding hydrogens is 598 g/mol. The lowest BCUT2D eigenvalue weighted by atomic mass is 9.95. The number of methoxy groups -OCH3 is 1. The summed E-state index contributed by atoms with van der Waals surface area (Å²) >= 11 is 0. The highest BCUT2D eigenvalue weighted by Crippen LogP contribution is 2.30. The molecule has 1 fully saturated rings. The van der Waals surface area contributed by atoms with E-state index in [2.05, 4.69) is 21.3 Å². The molecule has 11 nitrogen and oxygen atoms in total. The molecule has 0 radical (unpaired) electrons. The van der Waals surface area contributed by atoms with E-state index in [1.54, 1.807) is 38.4 Å². The van der Waals surface area contributed by atoms with Crippen molar-refractivity contribution in [3.8, 4) is 11.5 Å². The third kappa shape index (κ3) is 8.51. The van der Waals surface area contributed by atoms with Crippen molar-refractivity contribution >= 4 is 29.7 Å². The Morgan fingerprint density at radius 3 is 2.47 bits per heavy atom. The highest BCUT2D eigenvalue weighted by Gasteiger charge is 2.47. The first-order valence-electron chi connectivity index (χ1n) is 16.6. The van der Waals surface area contributed by atoms with Crippen LogP contribution in [0.2, 0.25) is 0 Å². The number of hydrogen-bond acceptors (Lipinski definition) is 7. The van der Waals surface area contributed by atoms with Crippen LogP contribution in [0.25, 0.3) is 6.08 Å². The van der Waals surface area contributed by atoms with Crippen LogP contribution >= 0.6 is 0 Å². The number of nitrogens with zero attached hydrogens (tertiary/aromatic N) is 1.